The Labute approximate surface area is 140 Å². The third kappa shape index (κ3) is 6.87. The molecule has 0 atom stereocenters. The van der Waals surface area contributed by atoms with E-state index in [2.05, 4.69) is 9.40 Å². The summed E-state index contributed by atoms with van der Waals surface area (Å²) in [7, 11) is -10.0. The second-order valence-electron chi connectivity index (χ2n) is 2.53. The predicted molar refractivity (Wildman–Crippen MR) is 62.3 cm³/mol. The van der Waals surface area contributed by atoms with Crippen molar-refractivity contribution in [2.45, 2.75) is 5.52 Å². The molecule has 0 aromatic carbocycles. The number of aromatic nitrogens is 1. The van der Waals surface area contributed by atoms with E-state index >= 15 is 0 Å². The average molecular weight is 306 g/mol. The van der Waals surface area contributed by atoms with Gasteiger partial charge in [-0.25, -0.2) is 4.98 Å². The van der Waals surface area contributed by atoms with Crippen LogP contribution in [0.25, 0.3) is 0 Å². The SMILES string of the molecule is O=P(O)(O)C(Nc1ncco1)P(=O)(O)O.[NaH].[NaH]. The maximum atomic E-state index is 10.8. The van der Waals surface area contributed by atoms with Crippen LogP contribution in [0, 0.1) is 0 Å². The third-order valence-electron chi connectivity index (χ3n) is 1.32. The van der Waals surface area contributed by atoms with Gasteiger partial charge in [-0.05, 0) is 0 Å². The van der Waals surface area contributed by atoms with Gasteiger partial charge in [0.1, 0.15) is 6.26 Å². The molecule has 0 saturated heterocycles. The first-order valence-electron chi connectivity index (χ1n) is 3.48. The Balaban J connectivity index is 0. The molecule has 0 unspecified atom stereocenters. The third-order valence-corrected chi connectivity index (χ3v) is 4.66. The van der Waals surface area contributed by atoms with Crippen LogP contribution in [0.1, 0.15) is 0 Å². The molecular weight excluding hydrogens is 296 g/mol. The number of rotatable bonds is 4. The van der Waals surface area contributed by atoms with Crippen molar-refractivity contribution in [3.05, 3.63) is 12.5 Å². The summed E-state index contributed by atoms with van der Waals surface area (Å²) in [6.45, 7) is 0. The standard InChI is InChI=1S/C4H8N2O7P2.2Na.2H/c7-14(8,9)4(15(10,11)12)6-3-5-1-2-13-3;;;;/h1-2,4H,(H,5,6)(H2,7,8,9)(H2,10,11,12);;;;. The summed E-state index contributed by atoms with van der Waals surface area (Å²) in [6, 6.07) is -0.383. The van der Waals surface area contributed by atoms with Crippen LogP contribution >= 0.6 is 15.2 Å². The summed E-state index contributed by atoms with van der Waals surface area (Å²) >= 11 is 0. The molecule has 1 heterocycles. The molecule has 0 amide bonds. The van der Waals surface area contributed by atoms with Crippen molar-refractivity contribution in [3.63, 3.8) is 0 Å². The van der Waals surface area contributed by atoms with Gasteiger partial charge in [0.05, 0.1) is 6.20 Å². The van der Waals surface area contributed by atoms with Crippen LogP contribution in [-0.4, -0.2) is 89.2 Å². The summed E-state index contributed by atoms with van der Waals surface area (Å²) in [5.74, 6) is 0. The van der Waals surface area contributed by atoms with E-state index in [1.807, 2.05) is 5.32 Å². The van der Waals surface area contributed by atoms with E-state index in [1.165, 1.54) is 0 Å². The number of nitrogens with zero attached hydrogens (tertiary/aromatic N) is 1. The van der Waals surface area contributed by atoms with E-state index in [0.29, 0.717) is 0 Å². The molecule has 0 bridgehead atoms. The Morgan fingerprint density at radius 2 is 1.65 bits per heavy atom. The fraction of sp³-hybridized carbons (Fsp3) is 0.250. The first-order chi connectivity index (χ1) is 6.71. The predicted octanol–water partition coefficient (Wildman–Crippen LogP) is -1.57. The van der Waals surface area contributed by atoms with Crippen molar-refractivity contribution >= 4 is 80.3 Å². The van der Waals surface area contributed by atoms with Crippen LogP contribution in [0.2, 0.25) is 0 Å². The van der Waals surface area contributed by atoms with Gasteiger partial charge >= 0.3 is 74.3 Å². The fourth-order valence-electron chi connectivity index (χ4n) is 0.769. The molecular formula is C4H10N2Na2O7P2. The molecule has 1 aromatic heterocycles. The zero-order valence-electron chi connectivity index (χ0n) is 7.09. The quantitative estimate of drug-likeness (QED) is 0.328. The summed E-state index contributed by atoms with van der Waals surface area (Å²) < 4.78 is 26.1. The number of anilines is 1. The van der Waals surface area contributed by atoms with Gasteiger partial charge in [-0.1, -0.05) is 0 Å². The van der Waals surface area contributed by atoms with Crippen LogP contribution in [-0.2, 0) is 9.13 Å². The maximum absolute atomic E-state index is 10.8. The molecule has 1 aromatic rings. The minimum atomic E-state index is -5.01. The van der Waals surface area contributed by atoms with Gasteiger partial charge in [-0.3, -0.25) is 9.13 Å². The summed E-state index contributed by atoms with van der Waals surface area (Å²) in [6.07, 6.45) is 2.23. The topological polar surface area (TPSA) is 153 Å². The molecule has 0 saturated carbocycles. The van der Waals surface area contributed by atoms with Gasteiger partial charge < -0.3 is 29.3 Å². The molecule has 17 heavy (non-hydrogen) atoms. The van der Waals surface area contributed by atoms with Crippen molar-refractivity contribution in [3.8, 4) is 0 Å². The zero-order chi connectivity index (χ0) is 11.7. The van der Waals surface area contributed by atoms with Crippen LogP contribution in [0.4, 0.5) is 6.01 Å². The summed E-state index contributed by atoms with van der Waals surface area (Å²) in [5.41, 5.74) is -2.36. The van der Waals surface area contributed by atoms with Gasteiger partial charge in [-0.2, -0.15) is 0 Å². The molecule has 5 N–H and O–H groups in total. The van der Waals surface area contributed by atoms with Crippen molar-refractivity contribution in [2.75, 3.05) is 5.32 Å². The molecule has 0 fully saturated rings. The number of nitrogens with one attached hydrogen (secondary N) is 1. The van der Waals surface area contributed by atoms with Gasteiger partial charge in [0.15, 0.2) is 0 Å². The normalized spacial score (nSPS) is 11.6. The van der Waals surface area contributed by atoms with E-state index in [1.54, 1.807) is 0 Å². The van der Waals surface area contributed by atoms with Crippen LogP contribution in [0.3, 0.4) is 0 Å². The summed E-state index contributed by atoms with van der Waals surface area (Å²) in [4.78, 5) is 38.2. The Hall–Kier alpha value is 1.31. The van der Waals surface area contributed by atoms with Crippen molar-refractivity contribution in [2.24, 2.45) is 0 Å². The first kappa shape index (κ1) is 20.6. The fourth-order valence-corrected chi connectivity index (χ4v) is 2.89. The Morgan fingerprint density at radius 1 is 1.18 bits per heavy atom. The second-order valence-corrected chi connectivity index (χ2v) is 6.33. The number of oxazole rings is 1. The molecule has 0 radical (unpaired) electrons. The van der Waals surface area contributed by atoms with Gasteiger partial charge in [-0.15, -0.1) is 0 Å². The van der Waals surface area contributed by atoms with E-state index in [4.69, 9.17) is 19.6 Å². The summed E-state index contributed by atoms with van der Waals surface area (Å²) in [5, 5.41) is 1.83. The first-order valence-corrected chi connectivity index (χ1v) is 6.84. The van der Waals surface area contributed by atoms with Gasteiger partial charge in [0.25, 0.3) is 6.01 Å². The second kappa shape index (κ2) is 7.79. The molecule has 0 aliphatic carbocycles. The molecule has 13 heteroatoms. The van der Waals surface area contributed by atoms with Crippen LogP contribution in [0.5, 0.6) is 0 Å². The van der Waals surface area contributed by atoms with E-state index in [0.717, 1.165) is 12.5 Å². The van der Waals surface area contributed by atoms with Crippen molar-refractivity contribution in [1.29, 1.82) is 0 Å². The number of hydrogen-bond acceptors (Lipinski definition) is 5. The Morgan fingerprint density at radius 3 is 1.94 bits per heavy atom. The zero-order valence-corrected chi connectivity index (χ0v) is 8.88. The van der Waals surface area contributed by atoms with Gasteiger partial charge in [0, 0.05) is 0 Å². The van der Waals surface area contributed by atoms with Gasteiger partial charge in [0.2, 0.25) is 5.52 Å². The molecule has 0 aliphatic heterocycles. The molecule has 9 nitrogen and oxygen atoms in total. The Bertz CT molecular complexity index is 392. The van der Waals surface area contributed by atoms with E-state index < -0.39 is 20.7 Å². The van der Waals surface area contributed by atoms with E-state index in [9.17, 15) is 9.13 Å². The minimum absolute atomic E-state index is 0. The van der Waals surface area contributed by atoms with Crippen LogP contribution in [0.15, 0.2) is 16.9 Å². The molecule has 90 valence electrons. The monoisotopic (exact) mass is 306 g/mol. The van der Waals surface area contributed by atoms with Crippen molar-refractivity contribution < 1.29 is 33.1 Å². The molecule has 0 spiro atoms. The molecule has 0 aliphatic rings. The van der Waals surface area contributed by atoms with Crippen molar-refractivity contribution in [1.82, 2.24) is 4.98 Å². The average Bonchev–Trinajstić information content (AvgIpc) is 2.46. The molecule has 1 rings (SSSR count). The van der Waals surface area contributed by atoms with E-state index in [-0.39, 0.29) is 65.1 Å². The number of hydrogen-bond donors (Lipinski definition) is 5. The Kier molecular flexibility index (Phi) is 9.45. The van der Waals surface area contributed by atoms with Crippen LogP contribution < -0.4 is 5.32 Å².